The molecule has 5 nitrogen and oxygen atoms in total. The highest BCUT2D eigenvalue weighted by molar-refractivity contribution is 9.11. The van der Waals surface area contributed by atoms with Crippen LogP contribution < -0.4 is 0 Å². The molecule has 14 heavy (non-hydrogen) atoms. The highest BCUT2D eigenvalue weighted by Crippen LogP contribution is 2.24. The average molecular weight is 274 g/mol. The molecule has 0 radical (unpaired) electrons. The third kappa shape index (κ3) is 2.88. The molecule has 1 aromatic heterocycles. The van der Waals surface area contributed by atoms with Gasteiger partial charge in [0.05, 0.1) is 3.79 Å². The van der Waals surface area contributed by atoms with Gasteiger partial charge in [0.15, 0.2) is 0 Å². The molecule has 0 aliphatic carbocycles. The van der Waals surface area contributed by atoms with Crippen LogP contribution in [0.25, 0.3) is 16.5 Å². The van der Waals surface area contributed by atoms with E-state index in [4.69, 9.17) is 10.6 Å². The zero-order valence-electron chi connectivity index (χ0n) is 6.72. The molecule has 0 bridgehead atoms. The molecule has 0 aromatic carbocycles. The molecule has 0 saturated carbocycles. The number of azide groups is 1. The summed E-state index contributed by atoms with van der Waals surface area (Å²) in [6.45, 7) is 0. The number of thiophene rings is 1. The quantitative estimate of drug-likeness (QED) is 0.397. The number of carboxylic acids is 1. The monoisotopic (exact) mass is 273 g/mol. The Morgan fingerprint density at radius 2 is 2.43 bits per heavy atom. The van der Waals surface area contributed by atoms with E-state index in [1.54, 1.807) is 12.1 Å². The van der Waals surface area contributed by atoms with Crippen molar-refractivity contribution in [2.24, 2.45) is 5.11 Å². The number of hydrogen-bond donors (Lipinski definition) is 1. The van der Waals surface area contributed by atoms with Gasteiger partial charge in [-0.3, -0.25) is 0 Å². The predicted molar refractivity (Wildman–Crippen MR) is 56.8 cm³/mol. The molecule has 0 aliphatic heterocycles. The van der Waals surface area contributed by atoms with E-state index in [0.717, 1.165) is 3.79 Å². The Morgan fingerprint density at radius 1 is 1.71 bits per heavy atom. The highest BCUT2D eigenvalue weighted by atomic mass is 79.9. The van der Waals surface area contributed by atoms with Crippen molar-refractivity contribution in [2.45, 2.75) is 0 Å². The Morgan fingerprint density at radius 3 is 2.86 bits per heavy atom. The molecule has 0 saturated heterocycles. The van der Waals surface area contributed by atoms with Gasteiger partial charge in [-0.25, -0.2) is 4.79 Å². The van der Waals surface area contributed by atoms with Crippen LogP contribution in [0.5, 0.6) is 0 Å². The van der Waals surface area contributed by atoms with Gasteiger partial charge in [-0.05, 0) is 39.7 Å². The van der Waals surface area contributed by atoms with Gasteiger partial charge in [0.25, 0.3) is 0 Å². The molecule has 0 spiro atoms. The lowest BCUT2D eigenvalue weighted by molar-refractivity contribution is -0.132. The fraction of sp³-hybridized carbons (Fsp3) is 0. The summed E-state index contributed by atoms with van der Waals surface area (Å²) >= 11 is 4.59. The zero-order chi connectivity index (χ0) is 10.6. The number of nitrogens with zero attached hydrogens (tertiary/aromatic N) is 3. The molecule has 0 fully saturated rings. The van der Waals surface area contributed by atoms with E-state index in [2.05, 4.69) is 26.0 Å². The summed E-state index contributed by atoms with van der Waals surface area (Å²) in [6, 6.07) is 3.51. The number of aliphatic carboxylic acids is 1. The third-order valence-corrected chi connectivity index (χ3v) is 2.82. The van der Waals surface area contributed by atoms with E-state index in [-0.39, 0.29) is 5.70 Å². The van der Waals surface area contributed by atoms with Crippen molar-refractivity contribution in [3.63, 3.8) is 0 Å². The van der Waals surface area contributed by atoms with Gasteiger partial charge >= 0.3 is 5.97 Å². The summed E-state index contributed by atoms with van der Waals surface area (Å²) in [4.78, 5) is 13.7. The summed E-state index contributed by atoms with van der Waals surface area (Å²) in [5.41, 5.74) is 7.80. The summed E-state index contributed by atoms with van der Waals surface area (Å²) < 4.78 is 0.884. The van der Waals surface area contributed by atoms with Gasteiger partial charge in [-0.2, -0.15) is 0 Å². The topological polar surface area (TPSA) is 86.1 Å². The molecular formula is C7H4BrN3O2S. The number of hydrogen-bond acceptors (Lipinski definition) is 3. The molecule has 1 rings (SSSR count). The third-order valence-electron chi connectivity index (χ3n) is 1.24. The van der Waals surface area contributed by atoms with Crippen LogP contribution in [-0.2, 0) is 4.79 Å². The fourth-order valence-corrected chi connectivity index (χ4v) is 2.08. The minimum absolute atomic E-state index is 0.318. The Labute approximate surface area is 91.4 Å². The SMILES string of the molecule is [N-]=[N+]=NC(=Cc1ccc(Br)s1)C(=O)O. The minimum Gasteiger partial charge on any atom is -0.478 e. The van der Waals surface area contributed by atoms with Gasteiger partial charge in [0.2, 0.25) is 0 Å². The van der Waals surface area contributed by atoms with Crippen LogP contribution in [0.15, 0.2) is 26.7 Å². The molecule has 0 atom stereocenters. The maximum atomic E-state index is 10.6. The first-order valence-electron chi connectivity index (χ1n) is 3.39. The maximum Gasteiger partial charge on any atom is 0.338 e. The summed E-state index contributed by atoms with van der Waals surface area (Å²) in [5, 5.41) is 11.7. The summed E-state index contributed by atoms with van der Waals surface area (Å²) in [6.07, 6.45) is 1.32. The lowest BCUT2D eigenvalue weighted by atomic mass is 10.3. The Balaban J connectivity index is 3.04. The Bertz CT molecular complexity index is 430. The van der Waals surface area contributed by atoms with Crippen molar-refractivity contribution in [2.75, 3.05) is 0 Å². The lowest BCUT2D eigenvalue weighted by Crippen LogP contribution is -1.95. The van der Waals surface area contributed by atoms with Crippen LogP contribution in [0.2, 0.25) is 0 Å². The van der Waals surface area contributed by atoms with Crippen LogP contribution in [0, 0.1) is 0 Å². The lowest BCUT2D eigenvalue weighted by Gasteiger charge is -1.89. The van der Waals surface area contributed by atoms with E-state index >= 15 is 0 Å². The van der Waals surface area contributed by atoms with Gasteiger partial charge in [-0.1, -0.05) is 5.11 Å². The minimum atomic E-state index is -1.24. The highest BCUT2D eigenvalue weighted by Gasteiger charge is 2.05. The molecular weight excluding hydrogens is 270 g/mol. The van der Waals surface area contributed by atoms with Crippen molar-refractivity contribution < 1.29 is 9.90 Å². The van der Waals surface area contributed by atoms with Crippen LogP contribution in [0.3, 0.4) is 0 Å². The molecule has 1 heterocycles. The number of carboxylic acid groups (broad SMARTS) is 1. The standard InChI is InChI=1S/C7H4BrN3O2S/c8-6-2-1-4(14-6)3-5(7(12)13)10-11-9/h1-3H,(H,12,13). The van der Waals surface area contributed by atoms with Crippen LogP contribution in [0.1, 0.15) is 4.88 Å². The normalized spacial score (nSPS) is 10.8. The Kier molecular flexibility index (Phi) is 3.70. The van der Waals surface area contributed by atoms with Crippen molar-refractivity contribution in [3.8, 4) is 0 Å². The molecule has 0 amide bonds. The number of rotatable bonds is 3. The van der Waals surface area contributed by atoms with Crippen molar-refractivity contribution in [1.82, 2.24) is 0 Å². The predicted octanol–water partition coefficient (Wildman–Crippen LogP) is 3.25. The second kappa shape index (κ2) is 4.80. The van der Waals surface area contributed by atoms with Gasteiger partial charge in [-0.15, -0.1) is 11.3 Å². The van der Waals surface area contributed by atoms with E-state index in [1.807, 2.05) is 0 Å². The summed E-state index contributed by atoms with van der Waals surface area (Å²) in [7, 11) is 0. The molecule has 0 aliphatic rings. The van der Waals surface area contributed by atoms with Crippen molar-refractivity contribution in [1.29, 1.82) is 0 Å². The maximum absolute atomic E-state index is 10.6. The fourth-order valence-electron chi connectivity index (χ4n) is 0.722. The molecule has 0 unspecified atom stereocenters. The first-order chi connectivity index (χ1) is 6.63. The van der Waals surface area contributed by atoms with Gasteiger partial charge in [0.1, 0.15) is 5.70 Å². The smallest absolute Gasteiger partial charge is 0.338 e. The zero-order valence-corrected chi connectivity index (χ0v) is 9.12. The molecule has 1 aromatic rings. The van der Waals surface area contributed by atoms with E-state index < -0.39 is 5.97 Å². The van der Waals surface area contributed by atoms with Crippen molar-refractivity contribution >= 4 is 39.3 Å². The van der Waals surface area contributed by atoms with Crippen molar-refractivity contribution in [3.05, 3.63) is 36.9 Å². The number of halogens is 1. The van der Waals surface area contributed by atoms with E-state index in [9.17, 15) is 4.79 Å². The number of carbonyl (C=O) groups is 1. The van der Waals surface area contributed by atoms with E-state index in [0.29, 0.717) is 4.88 Å². The first-order valence-corrected chi connectivity index (χ1v) is 5.00. The molecule has 1 N–H and O–H groups in total. The van der Waals surface area contributed by atoms with Gasteiger partial charge < -0.3 is 5.11 Å². The van der Waals surface area contributed by atoms with Crippen LogP contribution in [-0.4, -0.2) is 11.1 Å². The van der Waals surface area contributed by atoms with Gasteiger partial charge in [0, 0.05) is 9.79 Å². The second-order valence-electron chi connectivity index (χ2n) is 2.17. The largest absolute Gasteiger partial charge is 0.478 e. The first kappa shape index (κ1) is 10.8. The summed E-state index contributed by atoms with van der Waals surface area (Å²) in [5.74, 6) is -1.24. The average Bonchev–Trinajstić information content (AvgIpc) is 2.50. The van der Waals surface area contributed by atoms with Crippen LogP contribution in [0.4, 0.5) is 0 Å². The van der Waals surface area contributed by atoms with Crippen LogP contribution >= 0.6 is 27.3 Å². The molecule has 7 heteroatoms. The second-order valence-corrected chi connectivity index (χ2v) is 4.66. The molecule has 72 valence electrons. The van der Waals surface area contributed by atoms with E-state index in [1.165, 1.54) is 17.4 Å². The Hall–Kier alpha value is -1.30.